The van der Waals surface area contributed by atoms with E-state index in [-0.39, 0.29) is 18.7 Å². The van der Waals surface area contributed by atoms with Crippen LogP contribution in [0.2, 0.25) is 0 Å². The van der Waals surface area contributed by atoms with Gasteiger partial charge in [0.25, 0.3) is 5.91 Å². The van der Waals surface area contributed by atoms with Crippen molar-refractivity contribution in [3.05, 3.63) is 89.0 Å². The molecule has 174 valence electrons. The first-order valence-corrected chi connectivity index (χ1v) is 11.6. The molecule has 3 aromatic rings. The molecule has 1 amide bonds. The number of rotatable bonds is 7. The summed E-state index contributed by atoms with van der Waals surface area (Å²) in [4.78, 5) is 19.9. The molecule has 0 aliphatic carbocycles. The Labute approximate surface area is 189 Å². The number of sulfonamides is 1. The van der Waals surface area contributed by atoms with Gasteiger partial charge in [-0.2, -0.15) is 13.2 Å². The average Bonchev–Trinajstić information content (AvgIpc) is 2.76. The van der Waals surface area contributed by atoms with Gasteiger partial charge in [-0.3, -0.25) is 19.1 Å². The van der Waals surface area contributed by atoms with E-state index in [0.29, 0.717) is 16.9 Å². The fourth-order valence-corrected chi connectivity index (χ4v) is 3.88. The number of benzene rings is 1. The van der Waals surface area contributed by atoms with Crippen molar-refractivity contribution in [2.75, 3.05) is 10.6 Å². The van der Waals surface area contributed by atoms with Crippen LogP contribution in [0.5, 0.6) is 0 Å². The van der Waals surface area contributed by atoms with Gasteiger partial charge in [-0.1, -0.05) is 12.1 Å². The van der Waals surface area contributed by atoms with Crippen molar-refractivity contribution in [2.45, 2.75) is 26.2 Å². The molecule has 0 unspecified atom stereocenters. The van der Waals surface area contributed by atoms with Crippen LogP contribution >= 0.6 is 0 Å². The van der Waals surface area contributed by atoms with Crippen molar-refractivity contribution >= 4 is 21.6 Å². The molecule has 33 heavy (non-hydrogen) atoms. The zero-order valence-corrected chi connectivity index (χ0v) is 18.6. The van der Waals surface area contributed by atoms with Gasteiger partial charge < -0.3 is 5.32 Å². The molecule has 2 aromatic heterocycles. The highest BCUT2D eigenvalue weighted by Crippen LogP contribution is 2.27. The SMILES string of the molecule is Cc1ncccc1CN(c1ccc(C(=O)NCc2ccc(C(F)(F)F)nc2)cc1)S(C)(=O)=O. The predicted octanol–water partition coefficient (Wildman–Crippen LogP) is 3.70. The standard InChI is InChI=1S/C22H21F3N4O3S/c1-15-18(4-3-11-26-15)14-29(33(2,31)32)19-8-6-17(7-9-19)21(30)28-13-16-5-10-20(27-12-16)22(23,24)25/h3-12H,13-14H2,1-2H3,(H,28,30). The van der Waals surface area contributed by atoms with E-state index in [1.165, 1.54) is 34.6 Å². The van der Waals surface area contributed by atoms with Gasteiger partial charge in [0.1, 0.15) is 5.69 Å². The molecule has 0 radical (unpaired) electrons. The lowest BCUT2D eigenvalue weighted by molar-refractivity contribution is -0.141. The molecule has 0 saturated heterocycles. The normalized spacial score (nSPS) is 11.8. The maximum absolute atomic E-state index is 12.6. The second-order valence-corrected chi connectivity index (χ2v) is 9.20. The number of alkyl halides is 3. The molecule has 7 nitrogen and oxygen atoms in total. The largest absolute Gasteiger partial charge is 0.433 e. The number of carbonyl (C=O) groups excluding carboxylic acids is 1. The van der Waals surface area contributed by atoms with Crippen LogP contribution in [0, 0.1) is 6.92 Å². The number of anilines is 1. The molecule has 1 aromatic carbocycles. The Bertz CT molecular complexity index is 1230. The van der Waals surface area contributed by atoms with E-state index < -0.39 is 27.8 Å². The van der Waals surface area contributed by atoms with Crippen molar-refractivity contribution < 1.29 is 26.4 Å². The molecule has 0 atom stereocenters. The molecule has 11 heteroatoms. The first-order valence-electron chi connectivity index (χ1n) is 9.74. The van der Waals surface area contributed by atoms with Crippen molar-refractivity contribution in [3.8, 4) is 0 Å². The highest BCUT2D eigenvalue weighted by atomic mass is 32.2. The smallest absolute Gasteiger partial charge is 0.348 e. The van der Waals surface area contributed by atoms with Gasteiger partial charge in [-0.05, 0) is 54.4 Å². The quantitative estimate of drug-likeness (QED) is 0.559. The summed E-state index contributed by atoms with van der Waals surface area (Å²) in [6.07, 6.45) is -0.759. The Morgan fingerprint density at radius 2 is 1.76 bits per heavy atom. The van der Waals surface area contributed by atoms with Gasteiger partial charge in [0.05, 0.1) is 18.5 Å². The number of nitrogens with zero attached hydrogens (tertiary/aromatic N) is 3. The maximum atomic E-state index is 12.6. The third-order valence-corrected chi connectivity index (χ3v) is 5.96. The van der Waals surface area contributed by atoms with Crippen molar-refractivity contribution in [2.24, 2.45) is 0 Å². The van der Waals surface area contributed by atoms with Crippen LogP contribution in [0.3, 0.4) is 0 Å². The molecule has 0 saturated carbocycles. The van der Waals surface area contributed by atoms with Gasteiger partial charge in [-0.25, -0.2) is 8.42 Å². The van der Waals surface area contributed by atoms with E-state index in [1.807, 2.05) is 0 Å². The Kier molecular flexibility index (Phi) is 7.01. The summed E-state index contributed by atoms with van der Waals surface area (Å²) in [7, 11) is -3.61. The molecule has 1 N–H and O–H groups in total. The Morgan fingerprint density at radius 3 is 2.30 bits per heavy atom. The minimum atomic E-state index is -4.53. The molecule has 0 aliphatic heterocycles. The molecule has 3 rings (SSSR count). The van der Waals surface area contributed by atoms with Crippen LogP contribution in [0.1, 0.15) is 32.9 Å². The number of halogens is 3. The molecular weight excluding hydrogens is 457 g/mol. The third-order valence-electron chi connectivity index (χ3n) is 4.82. The van der Waals surface area contributed by atoms with Crippen LogP contribution in [0.15, 0.2) is 60.9 Å². The zero-order chi connectivity index (χ0) is 24.2. The summed E-state index contributed by atoms with van der Waals surface area (Å²) < 4.78 is 63.7. The van der Waals surface area contributed by atoms with Crippen LogP contribution in [0.25, 0.3) is 0 Å². The van der Waals surface area contributed by atoms with Crippen molar-refractivity contribution in [1.82, 2.24) is 15.3 Å². The minimum Gasteiger partial charge on any atom is -0.348 e. The summed E-state index contributed by atoms with van der Waals surface area (Å²) in [5.41, 5.74) is 1.50. The molecular formula is C22H21F3N4O3S. The van der Waals surface area contributed by atoms with Gasteiger partial charge in [-0.15, -0.1) is 0 Å². The number of aryl methyl sites for hydroxylation is 1. The zero-order valence-electron chi connectivity index (χ0n) is 17.8. The third kappa shape index (κ3) is 6.28. The number of carbonyl (C=O) groups is 1. The second-order valence-electron chi connectivity index (χ2n) is 7.30. The predicted molar refractivity (Wildman–Crippen MR) is 117 cm³/mol. The van der Waals surface area contributed by atoms with E-state index in [2.05, 4.69) is 15.3 Å². The summed E-state index contributed by atoms with van der Waals surface area (Å²) in [6.45, 7) is 1.86. The van der Waals surface area contributed by atoms with Gasteiger partial charge in [0.2, 0.25) is 10.0 Å². The average molecular weight is 478 g/mol. The van der Waals surface area contributed by atoms with Gasteiger partial charge >= 0.3 is 6.18 Å². The molecule has 0 fully saturated rings. The number of amides is 1. The molecule has 0 spiro atoms. The Hall–Kier alpha value is -3.47. The number of nitrogens with one attached hydrogen (secondary N) is 1. The highest BCUT2D eigenvalue weighted by Gasteiger charge is 2.32. The summed E-state index contributed by atoms with van der Waals surface area (Å²) >= 11 is 0. The van der Waals surface area contributed by atoms with Gasteiger partial charge in [0.15, 0.2) is 0 Å². The summed E-state index contributed by atoms with van der Waals surface area (Å²) in [5.74, 6) is -0.463. The lowest BCUT2D eigenvalue weighted by Crippen LogP contribution is -2.30. The monoisotopic (exact) mass is 478 g/mol. The van der Waals surface area contributed by atoms with Gasteiger partial charge in [0, 0.05) is 30.2 Å². The van der Waals surface area contributed by atoms with Crippen LogP contribution in [-0.4, -0.2) is 30.5 Å². The second kappa shape index (κ2) is 9.57. The van der Waals surface area contributed by atoms with Crippen molar-refractivity contribution in [1.29, 1.82) is 0 Å². The van der Waals surface area contributed by atoms with E-state index in [0.717, 1.165) is 24.1 Å². The van der Waals surface area contributed by atoms with E-state index in [1.54, 1.807) is 25.3 Å². The number of hydrogen-bond donors (Lipinski definition) is 1. The number of pyridine rings is 2. The highest BCUT2D eigenvalue weighted by molar-refractivity contribution is 7.92. The lowest BCUT2D eigenvalue weighted by Gasteiger charge is -2.23. The van der Waals surface area contributed by atoms with Crippen LogP contribution in [-0.2, 0) is 29.3 Å². The summed E-state index contributed by atoms with van der Waals surface area (Å²) in [6, 6.07) is 11.6. The maximum Gasteiger partial charge on any atom is 0.433 e. The topological polar surface area (TPSA) is 92.3 Å². The van der Waals surface area contributed by atoms with Crippen molar-refractivity contribution in [3.63, 3.8) is 0 Å². The summed E-state index contributed by atoms with van der Waals surface area (Å²) in [5, 5.41) is 2.60. The van der Waals surface area contributed by atoms with E-state index in [9.17, 15) is 26.4 Å². The molecule has 2 heterocycles. The first kappa shape index (κ1) is 24.2. The Morgan fingerprint density at radius 1 is 1.06 bits per heavy atom. The van der Waals surface area contributed by atoms with E-state index >= 15 is 0 Å². The minimum absolute atomic E-state index is 0.0124. The number of aromatic nitrogens is 2. The fraction of sp³-hybridized carbons (Fsp3) is 0.227. The Balaban J connectivity index is 1.70. The van der Waals surface area contributed by atoms with Crippen LogP contribution in [0.4, 0.5) is 18.9 Å². The fourth-order valence-electron chi connectivity index (χ4n) is 3.00. The first-order chi connectivity index (χ1) is 15.4. The van der Waals surface area contributed by atoms with E-state index in [4.69, 9.17) is 0 Å². The number of hydrogen-bond acceptors (Lipinski definition) is 5. The lowest BCUT2D eigenvalue weighted by atomic mass is 10.1. The van der Waals surface area contributed by atoms with Crippen LogP contribution < -0.4 is 9.62 Å². The molecule has 0 aliphatic rings. The molecule has 0 bridgehead atoms.